The summed E-state index contributed by atoms with van der Waals surface area (Å²) < 4.78 is 0. The monoisotopic (exact) mass is 386 g/mol. The number of benzene rings is 2. The molecule has 2 heterocycles. The molecule has 4 rings (SSSR count). The fraction of sp³-hybridized carbons (Fsp3) is 0.136. The van der Waals surface area contributed by atoms with E-state index in [0.29, 0.717) is 17.8 Å². The summed E-state index contributed by atoms with van der Waals surface area (Å²) in [6.07, 6.45) is 3.04. The minimum atomic E-state index is -0.696. The second-order valence-corrected chi connectivity index (χ2v) is 6.61. The first-order chi connectivity index (χ1) is 14.2. The molecule has 2 atom stereocenters. The van der Waals surface area contributed by atoms with Gasteiger partial charge in [-0.15, -0.1) is 4.91 Å². The third-order valence-electron chi connectivity index (χ3n) is 4.67. The van der Waals surface area contributed by atoms with Gasteiger partial charge < -0.3 is 10.2 Å². The Morgan fingerprint density at radius 2 is 1.79 bits per heavy atom. The van der Waals surface area contributed by atoms with Gasteiger partial charge in [-0.25, -0.2) is 0 Å². The van der Waals surface area contributed by atoms with Crippen molar-refractivity contribution in [3.63, 3.8) is 0 Å². The zero-order chi connectivity index (χ0) is 20.1. The Bertz CT molecular complexity index is 1020. The molecule has 0 aliphatic carbocycles. The van der Waals surface area contributed by atoms with Crippen molar-refractivity contribution in [2.24, 2.45) is 10.3 Å². The van der Waals surface area contributed by atoms with Gasteiger partial charge in [0.25, 0.3) is 5.91 Å². The zero-order valence-electron chi connectivity index (χ0n) is 15.4. The van der Waals surface area contributed by atoms with Gasteiger partial charge in [-0.05, 0) is 35.4 Å². The summed E-state index contributed by atoms with van der Waals surface area (Å²) in [7, 11) is 0. The summed E-state index contributed by atoms with van der Waals surface area (Å²) >= 11 is 0. The molecular formula is C22H18N4O3. The number of amides is 1. The summed E-state index contributed by atoms with van der Waals surface area (Å²) in [5, 5.41) is 10.1. The second kappa shape index (κ2) is 8.43. The lowest BCUT2D eigenvalue weighted by atomic mass is 9.99. The van der Waals surface area contributed by atoms with Crippen molar-refractivity contribution in [1.29, 1.82) is 0 Å². The first kappa shape index (κ1) is 18.5. The van der Waals surface area contributed by atoms with Crippen LogP contribution in [-0.4, -0.2) is 22.7 Å². The quantitative estimate of drug-likeness (QED) is 0.646. The van der Waals surface area contributed by atoms with Crippen LogP contribution in [0.25, 0.3) is 0 Å². The molecule has 7 heteroatoms. The van der Waals surface area contributed by atoms with E-state index in [-0.39, 0.29) is 5.91 Å². The van der Waals surface area contributed by atoms with Crippen LogP contribution in [0, 0.1) is 4.91 Å². The van der Waals surface area contributed by atoms with E-state index in [2.05, 4.69) is 20.6 Å². The Hall–Kier alpha value is -3.87. The third-order valence-corrected chi connectivity index (χ3v) is 4.67. The van der Waals surface area contributed by atoms with Crippen LogP contribution in [0.2, 0.25) is 0 Å². The highest BCUT2D eigenvalue weighted by Gasteiger charge is 2.29. The Labute approximate surface area is 167 Å². The lowest BCUT2D eigenvalue weighted by Crippen LogP contribution is -2.28. The van der Waals surface area contributed by atoms with Crippen molar-refractivity contribution in [2.75, 3.05) is 5.32 Å². The van der Waals surface area contributed by atoms with E-state index >= 15 is 0 Å². The molecule has 7 nitrogen and oxygen atoms in total. The number of carbonyl (C=O) groups is 1. The van der Waals surface area contributed by atoms with E-state index in [1.165, 1.54) is 0 Å². The smallest absolute Gasteiger partial charge is 0.268 e. The lowest BCUT2D eigenvalue weighted by molar-refractivity contribution is -0.125. The van der Waals surface area contributed by atoms with Crippen molar-refractivity contribution in [1.82, 2.24) is 4.98 Å². The average Bonchev–Trinajstić information content (AvgIpc) is 3.27. The number of hydrogen-bond acceptors (Lipinski definition) is 6. The molecule has 3 aromatic rings. The van der Waals surface area contributed by atoms with Gasteiger partial charge in [0.2, 0.25) is 6.10 Å². The van der Waals surface area contributed by atoms with Crippen LogP contribution >= 0.6 is 0 Å². The molecule has 1 amide bonds. The van der Waals surface area contributed by atoms with Crippen LogP contribution < -0.4 is 5.32 Å². The third kappa shape index (κ3) is 4.19. The molecule has 1 N–H and O–H groups in total. The van der Waals surface area contributed by atoms with Gasteiger partial charge in [-0.3, -0.25) is 9.78 Å². The predicted octanol–water partition coefficient (Wildman–Crippen LogP) is 4.07. The molecule has 2 unspecified atom stereocenters. The van der Waals surface area contributed by atoms with Crippen LogP contribution in [0.5, 0.6) is 0 Å². The summed E-state index contributed by atoms with van der Waals surface area (Å²) in [5.74, 6) is -0.284. The molecule has 0 spiro atoms. The number of carbonyl (C=O) groups excluding carboxylic acids is 1. The lowest BCUT2D eigenvalue weighted by Gasteiger charge is -2.12. The van der Waals surface area contributed by atoms with Crippen LogP contribution in [0.1, 0.15) is 29.2 Å². The number of oxime groups is 1. The van der Waals surface area contributed by atoms with E-state index < -0.39 is 12.1 Å². The molecule has 1 aliphatic rings. The maximum atomic E-state index is 12.5. The SMILES string of the molecule is O=NC(c1ccccc1)c1ccc(NC(=O)C2CC(c3cccnc3)=NO2)cc1. The van der Waals surface area contributed by atoms with E-state index in [1.54, 1.807) is 36.7 Å². The van der Waals surface area contributed by atoms with Crippen molar-refractivity contribution >= 4 is 17.3 Å². The second-order valence-electron chi connectivity index (χ2n) is 6.61. The molecule has 0 saturated heterocycles. The minimum Gasteiger partial charge on any atom is -0.382 e. The van der Waals surface area contributed by atoms with Crippen molar-refractivity contribution in [2.45, 2.75) is 18.6 Å². The van der Waals surface area contributed by atoms with Gasteiger partial charge in [0.05, 0.1) is 5.71 Å². The fourth-order valence-corrected chi connectivity index (χ4v) is 3.14. The number of aromatic nitrogens is 1. The average molecular weight is 386 g/mol. The minimum absolute atomic E-state index is 0.284. The number of hydrogen-bond donors (Lipinski definition) is 1. The van der Waals surface area contributed by atoms with Crippen molar-refractivity contribution in [3.05, 3.63) is 101 Å². The van der Waals surface area contributed by atoms with Gasteiger partial charge in [-0.1, -0.05) is 52.8 Å². The normalized spacial score (nSPS) is 16.4. The summed E-state index contributed by atoms with van der Waals surface area (Å²) in [6.45, 7) is 0. The number of anilines is 1. The Balaban J connectivity index is 1.39. The van der Waals surface area contributed by atoms with Crippen molar-refractivity contribution in [3.8, 4) is 0 Å². The number of nitrogens with zero attached hydrogens (tertiary/aromatic N) is 3. The molecule has 0 radical (unpaired) electrons. The number of nitrogens with one attached hydrogen (secondary N) is 1. The number of rotatable bonds is 6. The molecular weight excluding hydrogens is 368 g/mol. The van der Waals surface area contributed by atoms with Crippen molar-refractivity contribution < 1.29 is 9.63 Å². The number of nitroso groups, excluding NO2 is 1. The molecule has 2 aromatic carbocycles. The van der Waals surface area contributed by atoms with Crippen LogP contribution in [0.4, 0.5) is 5.69 Å². The predicted molar refractivity (Wildman–Crippen MR) is 109 cm³/mol. The van der Waals surface area contributed by atoms with E-state index in [9.17, 15) is 9.70 Å². The van der Waals surface area contributed by atoms with Gasteiger partial charge in [0.15, 0.2) is 0 Å². The molecule has 0 saturated carbocycles. The maximum Gasteiger partial charge on any atom is 0.268 e. The number of pyridine rings is 1. The largest absolute Gasteiger partial charge is 0.382 e. The Morgan fingerprint density at radius 1 is 1.03 bits per heavy atom. The maximum absolute atomic E-state index is 12.5. The summed E-state index contributed by atoms with van der Waals surface area (Å²) in [4.78, 5) is 33.2. The van der Waals surface area contributed by atoms with E-state index in [4.69, 9.17) is 4.84 Å². The van der Waals surface area contributed by atoms with E-state index in [0.717, 1.165) is 16.7 Å². The van der Waals surface area contributed by atoms with Crippen LogP contribution in [-0.2, 0) is 9.63 Å². The molecule has 144 valence electrons. The van der Waals surface area contributed by atoms with E-state index in [1.807, 2.05) is 42.5 Å². The zero-order valence-corrected chi connectivity index (χ0v) is 15.4. The Morgan fingerprint density at radius 3 is 2.48 bits per heavy atom. The van der Waals surface area contributed by atoms with Gasteiger partial charge in [0, 0.05) is 30.1 Å². The highest BCUT2D eigenvalue weighted by atomic mass is 16.6. The standard InChI is InChI=1S/C22H18N4O3/c27-22(20-13-19(26-29-20)17-7-4-12-23-14-17)24-18-10-8-16(9-11-18)21(25-28)15-5-2-1-3-6-15/h1-12,14,20-21H,13H2,(H,24,27). The van der Waals surface area contributed by atoms with Gasteiger partial charge in [-0.2, -0.15) is 0 Å². The first-order valence-electron chi connectivity index (χ1n) is 9.16. The molecule has 29 heavy (non-hydrogen) atoms. The fourth-order valence-electron chi connectivity index (χ4n) is 3.14. The molecule has 0 bridgehead atoms. The highest BCUT2D eigenvalue weighted by Crippen LogP contribution is 2.27. The molecule has 1 aliphatic heterocycles. The van der Waals surface area contributed by atoms with Gasteiger partial charge in [0.1, 0.15) is 6.04 Å². The summed E-state index contributed by atoms with van der Waals surface area (Å²) in [6, 6.07) is 19.5. The molecule has 1 aromatic heterocycles. The summed E-state index contributed by atoms with van der Waals surface area (Å²) in [5.41, 5.74) is 3.70. The van der Waals surface area contributed by atoms with Crippen LogP contribution in [0.3, 0.4) is 0 Å². The Kier molecular flexibility index (Phi) is 5.38. The van der Waals surface area contributed by atoms with Crippen LogP contribution in [0.15, 0.2) is 89.5 Å². The first-order valence-corrected chi connectivity index (χ1v) is 9.16. The topological polar surface area (TPSA) is 93.0 Å². The van der Waals surface area contributed by atoms with Gasteiger partial charge >= 0.3 is 0 Å². The molecule has 0 fully saturated rings. The highest BCUT2D eigenvalue weighted by molar-refractivity contribution is 6.05.